The highest BCUT2D eigenvalue weighted by atomic mass is 79.9. The van der Waals surface area contributed by atoms with Gasteiger partial charge in [0.15, 0.2) is 0 Å². The third kappa shape index (κ3) is 2.76. The summed E-state index contributed by atoms with van der Waals surface area (Å²) < 4.78 is 0.976. The summed E-state index contributed by atoms with van der Waals surface area (Å²) in [7, 11) is 4.15. The van der Waals surface area contributed by atoms with E-state index in [0.29, 0.717) is 6.42 Å². The molecular weight excluding hydrogens is 292 g/mol. The molecule has 1 unspecified atom stereocenters. The van der Waals surface area contributed by atoms with E-state index in [1.807, 2.05) is 12.1 Å². The zero-order valence-corrected chi connectivity index (χ0v) is 12.7. The van der Waals surface area contributed by atoms with Crippen molar-refractivity contribution in [2.45, 2.75) is 43.7 Å². The number of hydrogen-bond acceptors (Lipinski definition) is 3. The molecule has 0 aliphatic heterocycles. The van der Waals surface area contributed by atoms with Gasteiger partial charge in [-0.1, -0.05) is 12.8 Å². The van der Waals surface area contributed by atoms with Crippen molar-refractivity contribution in [1.29, 1.82) is 0 Å². The van der Waals surface area contributed by atoms with Crippen LogP contribution in [-0.4, -0.2) is 40.7 Å². The van der Waals surface area contributed by atoms with Crippen LogP contribution in [-0.2, 0) is 6.42 Å². The second kappa shape index (κ2) is 5.68. The minimum absolute atomic E-state index is 0.0608. The summed E-state index contributed by atoms with van der Waals surface area (Å²) in [4.78, 5) is 6.55. The van der Waals surface area contributed by atoms with E-state index in [-0.39, 0.29) is 11.6 Å². The maximum atomic E-state index is 10.6. The van der Waals surface area contributed by atoms with Crippen molar-refractivity contribution in [3.05, 3.63) is 28.5 Å². The Balaban J connectivity index is 2.10. The van der Waals surface area contributed by atoms with Gasteiger partial charge in [0.05, 0.1) is 6.10 Å². The van der Waals surface area contributed by atoms with Crippen LogP contribution in [0.2, 0.25) is 0 Å². The molecule has 1 aliphatic rings. The van der Waals surface area contributed by atoms with Gasteiger partial charge in [0.25, 0.3) is 0 Å². The number of rotatable bonds is 4. The minimum Gasteiger partial charge on any atom is -0.391 e. The van der Waals surface area contributed by atoms with E-state index in [2.05, 4.69) is 39.9 Å². The zero-order valence-electron chi connectivity index (χ0n) is 11.1. The van der Waals surface area contributed by atoms with Crippen molar-refractivity contribution in [2.75, 3.05) is 14.1 Å². The van der Waals surface area contributed by atoms with Crippen LogP contribution in [0.5, 0.6) is 0 Å². The molecular formula is C14H21BrN2O. The van der Waals surface area contributed by atoms with Gasteiger partial charge < -0.3 is 10.0 Å². The lowest BCUT2D eigenvalue weighted by Crippen LogP contribution is -2.52. The first-order valence-electron chi connectivity index (χ1n) is 6.50. The fourth-order valence-corrected chi connectivity index (χ4v) is 3.22. The van der Waals surface area contributed by atoms with Crippen molar-refractivity contribution < 1.29 is 5.11 Å². The molecule has 3 nitrogen and oxygen atoms in total. The van der Waals surface area contributed by atoms with E-state index in [0.717, 1.165) is 23.0 Å². The Labute approximate surface area is 117 Å². The Kier molecular flexibility index (Phi) is 4.41. The van der Waals surface area contributed by atoms with Crippen LogP contribution in [0.4, 0.5) is 0 Å². The monoisotopic (exact) mass is 312 g/mol. The van der Waals surface area contributed by atoms with Crippen LogP contribution in [0, 0.1) is 0 Å². The van der Waals surface area contributed by atoms with Gasteiger partial charge >= 0.3 is 0 Å². The summed E-state index contributed by atoms with van der Waals surface area (Å²) in [6.45, 7) is 0. The highest BCUT2D eigenvalue weighted by Gasteiger charge is 2.42. The van der Waals surface area contributed by atoms with Crippen LogP contribution in [0.15, 0.2) is 22.8 Å². The molecule has 4 heteroatoms. The largest absolute Gasteiger partial charge is 0.391 e. The predicted octanol–water partition coefficient (Wildman–Crippen LogP) is 2.62. The number of aromatic nitrogens is 1. The van der Waals surface area contributed by atoms with Gasteiger partial charge in [-0.15, -0.1) is 0 Å². The average Bonchev–Trinajstić information content (AvgIpc) is 2.82. The fourth-order valence-electron chi connectivity index (χ4n) is 2.98. The topological polar surface area (TPSA) is 36.4 Å². The molecule has 0 spiro atoms. The van der Waals surface area contributed by atoms with Gasteiger partial charge in [-0.25, -0.2) is 0 Å². The third-order valence-corrected chi connectivity index (χ3v) is 4.64. The predicted molar refractivity (Wildman–Crippen MR) is 76.5 cm³/mol. The molecule has 1 aliphatic carbocycles. The smallest absolute Gasteiger partial charge is 0.0778 e. The molecule has 1 atom stereocenters. The van der Waals surface area contributed by atoms with Crippen molar-refractivity contribution in [1.82, 2.24) is 9.88 Å². The quantitative estimate of drug-likeness (QED) is 0.928. The molecule has 100 valence electrons. The van der Waals surface area contributed by atoms with Gasteiger partial charge in [-0.3, -0.25) is 4.98 Å². The van der Waals surface area contributed by atoms with Crippen LogP contribution in [0.25, 0.3) is 0 Å². The Hall–Kier alpha value is -0.450. The van der Waals surface area contributed by atoms with Gasteiger partial charge in [0.2, 0.25) is 0 Å². The van der Waals surface area contributed by atoms with E-state index in [4.69, 9.17) is 0 Å². The number of aliphatic hydroxyl groups excluding tert-OH is 1. The normalized spacial score (nSPS) is 20.3. The molecule has 1 fully saturated rings. The van der Waals surface area contributed by atoms with Crippen LogP contribution >= 0.6 is 15.9 Å². The van der Waals surface area contributed by atoms with E-state index < -0.39 is 0 Å². The molecule has 1 saturated carbocycles. The highest BCUT2D eigenvalue weighted by Crippen LogP contribution is 2.37. The number of aliphatic hydroxyl groups is 1. The molecule has 1 aromatic heterocycles. The summed E-state index contributed by atoms with van der Waals surface area (Å²) >= 11 is 3.38. The van der Waals surface area contributed by atoms with Crippen molar-refractivity contribution in [3.8, 4) is 0 Å². The number of halogens is 1. The Morgan fingerprint density at radius 3 is 2.56 bits per heavy atom. The van der Waals surface area contributed by atoms with Gasteiger partial charge in [0, 0.05) is 28.3 Å². The van der Waals surface area contributed by atoms with E-state index in [9.17, 15) is 5.11 Å². The summed E-state index contributed by atoms with van der Waals surface area (Å²) in [6.07, 6.45) is 6.66. The highest BCUT2D eigenvalue weighted by molar-refractivity contribution is 9.10. The maximum Gasteiger partial charge on any atom is 0.0778 e. The van der Waals surface area contributed by atoms with Crippen molar-refractivity contribution in [2.24, 2.45) is 0 Å². The second-order valence-electron chi connectivity index (χ2n) is 5.39. The van der Waals surface area contributed by atoms with Crippen LogP contribution < -0.4 is 0 Å². The fraction of sp³-hybridized carbons (Fsp3) is 0.643. The zero-order chi connectivity index (χ0) is 13.2. The molecule has 0 radical (unpaired) electrons. The second-order valence-corrected chi connectivity index (χ2v) is 6.31. The lowest BCUT2D eigenvalue weighted by Gasteiger charge is -2.40. The van der Waals surface area contributed by atoms with Crippen molar-refractivity contribution >= 4 is 15.9 Å². The average molecular weight is 313 g/mol. The third-order valence-electron chi connectivity index (χ3n) is 4.17. The Morgan fingerprint density at radius 2 is 2.06 bits per heavy atom. The Bertz CT molecular complexity index is 385. The van der Waals surface area contributed by atoms with Gasteiger partial charge in [-0.05, 0) is 55.0 Å². The first-order valence-corrected chi connectivity index (χ1v) is 7.30. The molecule has 0 bridgehead atoms. The molecule has 1 heterocycles. The molecule has 1 N–H and O–H groups in total. The minimum atomic E-state index is -0.344. The SMILES string of the molecule is CN(C)C1(C(O)Cc2ccc(Br)cn2)CCCC1. The number of nitrogens with zero attached hydrogens (tertiary/aromatic N) is 2. The van der Waals surface area contributed by atoms with E-state index in [1.54, 1.807) is 6.20 Å². The van der Waals surface area contributed by atoms with Crippen LogP contribution in [0.1, 0.15) is 31.4 Å². The first-order chi connectivity index (χ1) is 8.54. The Morgan fingerprint density at radius 1 is 1.39 bits per heavy atom. The number of hydrogen-bond donors (Lipinski definition) is 1. The summed E-state index contributed by atoms with van der Waals surface area (Å²) in [5.74, 6) is 0. The van der Waals surface area contributed by atoms with Crippen LogP contribution in [0.3, 0.4) is 0 Å². The lowest BCUT2D eigenvalue weighted by atomic mass is 9.86. The van der Waals surface area contributed by atoms with E-state index in [1.165, 1.54) is 12.8 Å². The number of likely N-dealkylation sites (N-methyl/N-ethyl adjacent to an activating group) is 1. The van der Waals surface area contributed by atoms with E-state index >= 15 is 0 Å². The van der Waals surface area contributed by atoms with Gasteiger partial charge in [0.1, 0.15) is 0 Å². The molecule has 0 aromatic carbocycles. The standard InChI is InChI=1S/C14H21BrN2O/c1-17(2)14(7-3-4-8-14)13(18)9-12-6-5-11(15)10-16-12/h5-6,10,13,18H,3-4,7-9H2,1-2H3. The molecule has 2 rings (SSSR count). The molecule has 0 saturated heterocycles. The first kappa shape index (κ1) is 14.0. The lowest BCUT2D eigenvalue weighted by molar-refractivity contribution is -0.00302. The summed E-state index contributed by atoms with van der Waals surface area (Å²) in [5.41, 5.74) is 0.896. The number of pyridine rings is 1. The summed E-state index contributed by atoms with van der Waals surface area (Å²) in [6, 6.07) is 3.96. The van der Waals surface area contributed by atoms with Crippen molar-refractivity contribution in [3.63, 3.8) is 0 Å². The summed E-state index contributed by atoms with van der Waals surface area (Å²) in [5, 5.41) is 10.6. The maximum absolute atomic E-state index is 10.6. The molecule has 18 heavy (non-hydrogen) atoms. The molecule has 1 aromatic rings. The molecule has 0 amide bonds. The van der Waals surface area contributed by atoms with Gasteiger partial charge in [-0.2, -0.15) is 0 Å².